The normalized spacial score (nSPS) is 11.9. The average Bonchev–Trinajstić information content (AvgIpc) is 3.17. The predicted octanol–water partition coefficient (Wildman–Crippen LogP) is 3.74. The third kappa shape index (κ3) is 4.07. The maximum absolute atomic E-state index is 13.3. The van der Waals surface area contributed by atoms with Crippen LogP contribution in [-0.4, -0.2) is 36.4 Å². The van der Waals surface area contributed by atoms with E-state index >= 15 is 0 Å². The Morgan fingerprint density at radius 2 is 1.81 bits per heavy atom. The fraction of sp³-hybridized carbons (Fsp3) is 0.304. The molecule has 0 fully saturated rings. The smallest absolute Gasteiger partial charge is 0.267 e. The fourth-order valence-corrected chi connectivity index (χ4v) is 4.07. The summed E-state index contributed by atoms with van der Waals surface area (Å²) < 4.78 is 3.42. The second-order valence-corrected chi connectivity index (χ2v) is 9.13. The second kappa shape index (κ2) is 8.19. The van der Waals surface area contributed by atoms with Gasteiger partial charge in [0.05, 0.1) is 22.3 Å². The molecule has 0 aliphatic heterocycles. The summed E-state index contributed by atoms with van der Waals surface area (Å²) in [7, 11) is 0. The quantitative estimate of drug-likeness (QED) is 0.467. The van der Waals surface area contributed by atoms with Crippen LogP contribution in [0.1, 0.15) is 32.8 Å². The van der Waals surface area contributed by atoms with Gasteiger partial charge in [-0.1, -0.05) is 48.5 Å². The summed E-state index contributed by atoms with van der Waals surface area (Å²) in [5.74, 6) is 0.566. The van der Waals surface area contributed by atoms with Gasteiger partial charge in [-0.15, -0.1) is 10.2 Å². The number of hydrogen-bond acceptors (Lipinski definition) is 5. The Morgan fingerprint density at radius 3 is 2.52 bits per heavy atom. The van der Waals surface area contributed by atoms with Gasteiger partial charge in [0, 0.05) is 5.54 Å². The first-order chi connectivity index (χ1) is 14.8. The maximum atomic E-state index is 13.3. The first-order valence-electron chi connectivity index (χ1n) is 10.2. The largest absolute Gasteiger partial charge is 0.351 e. The predicted molar refractivity (Wildman–Crippen MR) is 124 cm³/mol. The van der Waals surface area contributed by atoms with Crippen molar-refractivity contribution in [2.75, 3.05) is 5.75 Å². The summed E-state index contributed by atoms with van der Waals surface area (Å²) >= 11 is 1.30. The standard InChI is InChI=1S/C23H25N5O2S/c1-5-23(3,4)24-19(29)14-31-22-26-25-21-27(16-12-10-15(2)11-13-16)20(30)17-8-6-7-9-18(17)28(21)22/h6-13H,5,14H2,1-4H3,(H,24,29). The molecule has 2 heterocycles. The lowest BCUT2D eigenvalue weighted by Crippen LogP contribution is -2.43. The summed E-state index contributed by atoms with van der Waals surface area (Å²) in [6, 6.07) is 15.1. The number of amides is 1. The lowest BCUT2D eigenvalue weighted by atomic mass is 10.0. The SMILES string of the molecule is CCC(C)(C)NC(=O)CSc1nnc2n(-c3ccc(C)cc3)c(=O)c3ccccc3n12. The van der Waals surface area contributed by atoms with E-state index in [0.29, 0.717) is 21.8 Å². The van der Waals surface area contributed by atoms with Crippen molar-refractivity contribution in [3.05, 3.63) is 64.4 Å². The molecule has 0 bridgehead atoms. The summed E-state index contributed by atoms with van der Waals surface area (Å²) in [4.78, 5) is 25.7. The highest BCUT2D eigenvalue weighted by atomic mass is 32.2. The zero-order valence-electron chi connectivity index (χ0n) is 18.0. The van der Waals surface area contributed by atoms with Gasteiger partial charge in [-0.2, -0.15) is 0 Å². The second-order valence-electron chi connectivity index (χ2n) is 8.19. The van der Waals surface area contributed by atoms with E-state index in [-0.39, 0.29) is 22.8 Å². The summed E-state index contributed by atoms with van der Waals surface area (Å²) in [6.07, 6.45) is 0.838. The van der Waals surface area contributed by atoms with Crippen molar-refractivity contribution in [1.82, 2.24) is 24.5 Å². The van der Waals surface area contributed by atoms with Crippen molar-refractivity contribution >= 4 is 34.3 Å². The molecule has 7 nitrogen and oxygen atoms in total. The van der Waals surface area contributed by atoms with Crippen molar-refractivity contribution in [3.63, 3.8) is 0 Å². The van der Waals surface area contributed by atoms with Crippen LogP contribution in [0.5, 0.6) is 0 Å². The molecule has 0 aliphatic carbocycles. The number of thioether (sulfide) groups is 1. The van der Waals surface area contributed by atoms with Crippen molar-refractivity contribution < 1.29 is 4.79 Å². The molecule has 0 unspecified atom stereocenters. The van der Waals surface area contributed by atoms with Gasteiger partial charge in [0.15, 0.2) is 5.16 Å². The van der Waals surface area contributed by atoms with Gasteiger partial charge in [-0.05, 0) is 51.5 Å². The minimum absolute atomic E-state index is 0.0650. The van der Waals surface area contributed by atoms with Crippen LogP contribution in [0.3, 0.4) is 0 Å². The lowest BCUT2D eigenvalue weighted by molar-refractivity contribution is -0.120. The Labute approximate surface area is 184 Å². The van der Waals surface area contributed by atoms with E-state index in [1.165, 1.54) is 11.8 Å². The molecule has 1 amide bonds. The third-order valence-corrected chi connectivity index (χ3v) is 6.31. The highest BCUT2D eigenvalue weighted by Gasteiger charge is 2.21. The van der Waals surface area contributed by atoms with E-state index in [1.807, 2.05) is 74.6 Å². The molecular weight excluding hydrogens is 410 g/mol. The van der Waals surface area contributed by atoms with Crippen molar-refractivity contribution in [1.29, 1.82) is 0 Å². The van der Waals surface area contributed by atoms with E-state index in [2.05, 4.69) is 15.5 Å². The summed E-state index contributed by atoms with van der Waals surface area (Å²) in [5, 5.41) is 12.8. The molecule has 0 saturated carbocycles. The van der Waals surface area contributed by atoms with E-state index in [0.717, 1.165) is 17.7 Å². The first kappa shape index (κ1) is 21.1. The number of benzene rings is 2. The number of fused-ring (bicyclic) bond motifs is 3. The van der Waals surface area contributed by atoms with Crippen LogP contribution in [0.4, 0.5) is 0 Å². The molecule has 0 radical (unpaired) electrons. The summed E-state index contributed by atoms with van der Waals surface area (Å²) in [5.41, 5.74) is 2.12. The molecular formula is C23H25N5O2S. The van der Waals surface area contributed by atoms with Gasteiger partial charge in [-0.3, -0.25) is 14.0 Å². The van der Waals surface area contributed by atoms with Gasteiger partial charge in [-0.25, -0.2) is 4.57 Å². The van der Waals surface area contributed by atoms with E-state index in [1.54, 1.807) is 10.6 Å². The Bertz CT molecular complexity index is 1320. The third-order valence-electron chi connectivity index (χ3n) is 5.38. The lowest BCUT2D eigenvalue weighted by Gasteiger charge is -2.24. The molecule has 0 spiro atoms. The number of nitrogens with one attached hydrogen (secondary N) is 1. The zero-order chi connectivity index (χ0) is 22.2. The number of aromatic nitrogens is 4. The van der Waals surface area contributed by atoms with Crippen LogP contribution in [-0.2, 0) is 4.79 Å². The molecule has 4 rings (SSSR count). The Kier molecular flexibility index (Phi) is 5.58. The monoisotopic (exact) mass is 435 g/mol. The van der Waals surface area contributed by atoms with Crippen molar-refractivity contribution in [3.8, 4) is 5.69 Å². The number of hydrogen-bond donors (Lipinski definition) is 1. The van der Waals surface area contributed by atoms with Crippen LogP contribution in [0.2, 0.25) is 0 Å². The van der Waals surface area contributed by atoms with Crippen LogP contribution < -0.4 is 10.9 Å². The molecule has 1 N–H and O–H groups in total. The summed E-state index contributed by atoms with van der Waals surface area (Å²) in [6.45, 7) is 8.03. The molecule has 0 aliphatic rings. The molecule has 0 saturated heterocycles. The molecule has 2 aromatic carbocycles. The molecule has 4 aromatic rings. The highest BCUT2D eigenvalue weighted by Crippen LogP contribution is 2.23. The highest BCUT2D eigenvalue weighted by molar-refractivity contribution is 7.99. The minimum Gasteiger partial charge on any atom is -0.351 e. The number of carbonyl (C=O) groups is 1. The van der Waals surface area contributed by atoms with E-state index in [9.17, 15) is 9.59 Å². The Balaban J connectivity index is 1.82. The fourth-order valence-electron chi connectivity index (χ4n) is 3.33. The van der Waals surface area contributed by atoms with Crippen LogP contribution in [0.15, 0.2) is 58.5 Å². The molecule has 160 valence electrons. The molecule has 8 heteroatoms. The van der Waals surface area contributed by atoms with Gasteiger partial charge < -0.3 is 5.32 Å². The number of aryl methyl sites for hydroxylation is 1. The van der Waals surface area contributed by atoms with Crippen molar-refractivity contribution in [2.24, 2.45) is 0 Å². The van der Waals surface area contributed by atoms with E-state index in [4.69, 9.17) is 0 Å². The number of rotatable bonds is 6. The maximum Gasteiger partial charge on any atom is 0.267 e. The van der Waals surface area contributed by atoms with Crippen LogP contribution in [0.25, 0.3) is 22.4 Å². The van der Waals surface area contributed by atoms with Gasteiger partial charge in [0.1, 0.15) is 0 Å². The van der Waals surface area contributed by atoms with Gasteiger partial charge >= 0.3 is 0 Å². The Hall–Kier alpha value is -3.13. The topological polar surface area (TPSA) is 81.3 Å². The number of carbonyl (C=O) groups excluding carboxylic acids is 1. The van der Waals surface area contributed by atoms with Crippen LogP contribution in [0, 0.1) is 6.92 Å². The van der Waals surface area contributed by atoms with Gasteiger partial charge in [0.25, 0.3) is 5.56 Å². The molecule has 0 atom stereocenters. The van der Waals surface area contributed by atoms with Crippen molar-refractivity contribution in [2.45, 2.75) is 44.8 Å². The number of nitrogens with zero attached hydrogens (tertiary/aromatic N) is 4. The first-order valence-corrected chi connectivity index (χ1v) is 11.2. The molecule has 2 aromatic heterocycles. The Morgan fingerprint density at radius 1 is 1.10 bits per heavy atom. The average molecular weight is 436 g/mol. The minimum atomic E-state index is -0.261. The van der Waals surface area contributed by atoms with Crippen LogP contribution >= 0.6 is 11.8 Å². The molecule has 31 heavy (non-hydrogen) atoms. The van der Waals surface area contributed by atoms with E-state index < -0.39 is 0 Å². The zero-order valence-corrected chi connectivity index (χ0v) is 18.9. The van der Waals surface area contributed by atoms with Gasteiger partial charge in [0.2, 0.25) is 11.7 Å². The number of para-hydroxylation sites is 1.